The van der Waals surface area contributed by atoms with Crippen molar-refractivity contribution >= 4 is 16.8 Å². The van der Waals surface area contributed by atoms with Crippen molar-refractivity contribution in [3.63, 3.8) is 0 Å². The van der Waals surface area contributed by atoms with Gasteiger partial charge in [0.15, 0.2) is 6.39 Å². The zero-order chi connectivity index (χ0) is 17.9. The Morgan fingerprint density at radius 3 is 3.00 bits per heavy atom. The summed E-state index contributed by atoms with van der Waals surface area (Å²) in [6.07, 6.45) is 7.41. The maximum absolute atomic E-state index is 12.6. The van der Waals surface area contributed by atoms with Gasteiger partial charge in [0.2, 0.25) is 5.76 Å². The van der Waals surface area contributed by atoms with Gasteiger partial charge in [0.05, 0.1) is 11.2 Å². The molecule has 134 valence electrons. The molecular weight excluding hydrogens is 326 g/mol. The van der Waals surface area contributed by atoms with Gasteiger partial charge >= 0.3 is 0 Å². The van der Waals surface area contributed by atoms with E-state index in [9.17, 15) is 4.79 Å². The van der Waals surface area contributed by atoms with Gasteiger partial charge in [0, 0.05) is 24.7 Å². The number of benzene rings is 1. The molecule has 1 saturated heterocycles. The third kappa shape index (κ3) is 3.47. The number of carbonyl (C=O) groups excluding carboxylic acids is 1. The van der Waals surface area contributed by atoms with E-state index in [4.69, 9.17) is 4.42 Å². The number of rotatable bonds is 3. The van der Waals surface area contributed by atoms with E-state index < -0.39 is 0 Å². The van der Waals surface area contributed by atoms with Gasteiger partial charge in [-0.25, -0.2) is 4.98 Å². The van der Waals surface area contributed by atoms with Crippen LogP contribution in [0, 0.1) is 12.8 Å². The zero-order valence-electron chi connectivity index (χ0n) is 15.0. The lowest BCUT2D eigenvalue weighted by molar-refractivity contribution is 0.0727. The molecule has 1 fully saturated rings. The van der Waals surface area contributed by atoms with E-state index in [0.29, 0.717) is 17.4 Å². The van der Waals surface area contributed by atoms with Gasteiger partial charge in [0.25, 0.3) is 5.91 Å². The number of aryl methyl sites for hydroxylation is 1. The zero-order valence-corrected chi connectivity index (χ0v) is 15.0. The number of hydrogen-bond acceptors (Lipinski definition) is 4. The molecule has 5 nitrogen and oxygen atoms in total. The summed E-state index contributed by atoms with van der Waals surface area (Å²) >= 11 is 0. The Kier molecular flexibility index (Phi) is 4.69. The summed E-state index contributed by atoms with van der Waals surface area (Å²) in [5, 5.41) is 1.19. The predicted octanol–water partition coefficient (Wildman–Crippen LogP) is 4.02. The average molecular weight is 349 g/mol. The van der Waals surface area contributed by atoms with E-state index in [0.717, 1.165) is 44.3 Å². The minimum atomic E-state index is -0.0302. The molecule has 3 heterocycles. The average Bonchev–Trinajstić information content (AvgIpc) is 2.95. The Balaban J connectivity index is 1.41. The van der Waals surface area contributed by atoms with Crippen LogP contribution in [0.4, 0.5) is 0 Å². The SMILES string of the molecule is Cc1ncoc1C(=O)N1CCC[C@H](Cc2ccc3ncccc3c2)CC1. The highest BCUT2D eigenvalue weighted by Gasteiger charge is 2.25. The maximum Gasteiger partial charge on any atom is 0.291 e. The van der Waals surface area contributed by atoms with Crippen molar-refractivity contribution in [2.75, 3.05) is 13.1 Å². The van der Waals surface area contributed by atoms with Crippen molar-refractivity contribution in [3.05, 3.63) is 59.9 Å². The lowest BCUT2D eigenvalue weighted by Gasteiger charge is -2.19. The first-order valence-corrected chi connectivity index (χ1v) is 9.24. The molecule has 0 spiro atoms. The number of carbonyl (C=O) groups is 1. The molecule has 0 aliphatic carbocycles. The quantitative estimate of drug-likeness (QED) is 0.717. The van der Waals surface area contributed by atoms with Crippen LogP contribution in [0.1, 0.15) is 41.1 Å². The molecule has 26 heavy (non-hydrogen) atoms. The molecule has 0 unspecified atom stereocenters. The van der Waals surface area contributed by atoms with Crippen molar-refractivity contribution in [2.45, 2.75) is 32.6 Å². The Labute approximate surface area is 153 Å². The molecule has 2 aromatic heterocycles. The Hall–Kier alpha value is -2.69. The Bertz CT molecular complexity index is 918. The summed E-state index contributed by atoms with van der Waals surface area (Å²) in [5.41, 5.74) is 3.05. The summed E-state index contributed by atoms with van der Waals surface area (Å²) in [6, 6.07) is 10.6. The van der Waals surface area contributed by atoms with E-state index in [2.05, 4.69) is 34.2 Å². The summed E-state index contributed by atoms with van der Waals surface area (Å²) in [6.45, 7) is 3.38. The minimum absolute atomic E-state index is 0.0302. The normalized spacial score (nSPS) is 18.0. The van der Waals surface area contributed by atoms with Crippen LogP contribution in [0.25, 0.3) is 10.9 Å². The van der Waals surface area contributed by atoms with Gasteiger partial charge in [0.1, 0.15) is 0 Å². The van der Waals surface area contributed by atoms with Crippen LogP contribution in [0.5, 0.6) is 0 Å². The van der Waals surface area contributed by atoms with Crippen LogP contribution >= 0.6 is 0 Å². The largest absolute Gasteiger partial charge is 0.438 e. The highest BCUT2D eigenvalue weighted by atomic mass is 16.3. The number of amides is 1. The molecule has 1 aromatic carbocycles. The van der Waals surface area contributed by atoms with Crippen molar-refractivity contribution in [3.8, 4) is 0 Å². The van der Waals surface area contributed by atoms with Gasteiger partial charge in [-0.3, -0.25) is 9.78 Å². The minimum Gasteiger partial charge on any atom is -0.438 e. The lowest BCUT2D eigenvalue weighted by atomic mass is 9.92. The van der Waals surface area contributed by atoms with Gasteiger partial charge in [-0.05, 0) is 62.3 Å². The smallest absolute Gasteiger partial charge is 0.291 e. The van der Waals surface area contributed by atoms with E-state index in [1.807, 2.05) is 24.1 Å². The highest BCUT2D eigenvalue weighted by molar-refractivity contribution is 5.92. The lowest BCUT2D eigenvalue weighted by Crippen LogP contribution is -2.32. The standard InChI is InChI=1S/C21H23N3O2/c1-15-20(26-14-23-15)21(25)24-10-3-4-16(8-11-24)12-17-6-7-19-18(13-17)5-2-9-22-19/h2,5-7,9,13-14,16H,3-4,8,10-12H2,1H3/t16-/m0/s1. The summed E-state index contributed by atoms with van der Waals surface area (Å²) in [4.78, 5) is 23.0. The van der Waals surface area contributed by atoms with Gasteiger partial charge < -0.3 is 9.32 Å². The Morgan fingerprint density at radius 2 is 2.15 bits per heavy atom. The number of aromatic nitrogens is 2. The van der Waals surface area contributed by atoms with Crippen LogP contribution < -0.4 is 0 Å². The van der Waals surface area contributed by atoms with Crippen molar-refractivity contribution in [1.29, 1.82) is 0 Å². The molecule has 1 aliphatic rings. The molecular formula is C21H23N3O2. The third-order valence-electron chi connectivity index (χ3n) is 5.27. The van der Waals surface area contributed by atoms with E-state index in [-0.39, 0.29) is 5.91 Å². The van der Waals surface area contributed by atoms with Crippen LogP contribution in [0.15, 0.2) is 47.3 Å². The first-order valence-electron chi connectivity index (χ1n) is 9.24. The summed E-state index contributed by atoms with van der Waals surface area (Å²) in [7, 11) is 0. The molecule has 1 aliphatic heterocycles. The summed E-state index contributed by atoms with van der Waals surface area (Å²) in [5.74, 6) is 0.945. The molecule has 1 amide bonds. The van der Waals surface area contributed by atoms with Gasteiger partial charge in [-0.15, -0.1) is 0 Å². The summed E-state index contributed by atoms with van der Waals surface area (Å²) < 4.78 is 5.28. The van der Waals surface area contributed by atoms with Crippen molar-refractivity contribution < 1.29 is 9.21 Å². The Morgan fingerprint density at radius 1 is 1.23 bits per heavy atom. The second-order valence-electron chi connectivity index (χ2n) is 7.09. The van der Waals surface area contributed by atoms with Crippen molar-refractivity contribution in [1.82, 2.24) is 14.9 Å². The number of likely N-dealkylation sites (tertiary alicyclic amines) is 1. The molecule has 0 radical (unpaired) electrons. The first kappa shape index (κ1) is 16.8. The monoisotopic (exact) mass is 349 g/mol. The van der Waals surface area contributed by atoms with E-state index >= 15 is 0 Å². The second-order valence-corrected chi connectivity index (χ2v) is 7.09. The molecule has 5 heteroatoms. The number of hydrogen-bond donors (Lipinski definition) is 0. The first-order chi connectivity index (χ1) is 12.7. The van der Waals surface area contributed by atoms with Crippen LogP contribution in [0.3, 0.4) is 0 Å². The fourth-order valence-electron chi connectivity index (χ4n) is 3.81. The van der Waals surface area contributed by atoms with Crippen molar-refractivity contribution in [2.24, 2.45) is 5.92 Å². The second kappa shape index (κ2) is 7.28. The van der Waals surface area contributed by atoms with Gasteiger partial charge in [-0.2, -0.15) is 0 Å². The number of oxazole rings is 1. The molecule has 4 rings (SSSR count). The molecule has 0 N–H and O–H groups in total. The van der Waals surface area contributed by atoms with Gasteiger partial charge in [-0.1, -0.05) is 12.1 Å². The fourth-order valence-corrected chi connectivity index (χ4v) is 3.81. The maximum atomic E-state index is 12.6. The molecule has 0 saturated carbocycles. The number of nitrogens with zero attached hydrogens (tertiary/aromatic N) is 3. The fraction of sp³-hybridized carbons (Fsp3) is 0.381. The molecule has 3 aromatic rings. The third-order valence-corrected chi connectivity index (χ3v) is 5.27. The van der Waals surface area contributed by atoms with Crippen LogP contribution in [-0.4, -0.2) is 33.9 Å². The topological polar surface area (TPSA) is 59.2 Å². The van der Waals surface area contributed by atoms with E-state index in [1.165, 1.54) is 17.3 Å². The molecule has 1 atom stereocenters. The van der Waals surface area contributed by atoms with E-state index in [1.54, 1.807) is 0 Å². The molecule has 0 bridgehead atoms. The highest BCUT2D eigenvalue weighted by Crippen LogP contribution is 2.24. The van der Waals surface area contributed by atoms with Crippen LogP contribution in [0.2, 0.25) is 0 Å². The number of fused-ring (bicyclic) bond motifs is 1. The number of pyridine rings is 1. The predicted molar refractivity (Wildman–Crippen MR) is 99.9 cm³/mol. The van der Waals surface area contributed by atoms with Crippen LogP contribution in [-0.2, 0) is 6.42 Å².